The molecule has 0 aliphatic carbocycles. The lowest BCUT2D eigenvalue weighted by Crippen LogP contribution is -2.09. The molecule has 3 aromatic rings. The van der Waals surface area contributed by atoms with Crippen LogP contribution in [0.4, 0.5) is 4.39 Å². The molecule has 0 aliphatic heterocycles. The fraction of sp³-hybridized carbons (Fsp3) is 0.176. The van der Waals surface area contributed by atoms with Gasteiger partial charge in [-0.3, -0.25) is 0 Å². The van der Waals surface area contributed by atoms with Gasteiger partial charge in [0.2, 0.25) is 0 Å². The second-order valence-electron chi connectivity index (χ2n) is 4.90. The average Bonchev–Trinajstić information content (AvgIpc) is 2.89. The van der Waals surface area contributed by atoms with Crippen LogP contribution in [0.1, 0.15) is 29.0 Å². The molecular formula is C17H16FNS. The standard InChI is InChI=1S/C17H16FNS/c1-2-11-3-5-12(6-4-11)17(19)16-9-13-7-8-14(18)10-15(13)20-16/h3-10,17H,2,19H2,1H3. The summed E-state index contributed by atoms with van der Waals surface area (Å²) in [5, 5.41) is 1.05. The summed E-state index contributed by atoms with van der Waals surface area (Å²) < 4.78 is 14.2. The molecule has 3 heteroatoms. The van der Waals surface area contributed by atoms with Crippen molar-refractivity contribution < 1.29 is 4.39 Å². The maximum Gasteiger partial charge on any atom is 0.124 e. The summed E-state index contributed by atoms with van der Waals surface area (Å²) in [6.07, 6.45) is 1.03. The van der Waals surface area contributed by atoms with E-state index in [0.29, 0.717) is 0 Å². The molecule has 0 fully saturated rings. The molecule has 0 aliphatic rings. The lowest BCUT2D eigenvalue weighted by molar-refractivity contribution is 0.630. The van der Waals surface area contributed by atoms with E-state index >= 15 is 0 Å². The van der Waals surface area contributed by atoms with Crippen LogP contribution in [0.2, 0.25) is 0 Å². The van der Waals surface area contributed by atoms with Crippen molar-refractivity contribution in [2.45, 2.75) is 19.4 Å². The van der Waals surface area contributed by atoms with Crippen LogP contribution in [0.25, 0.3) is 10.1 Å². The minimum absolute atomic E-state index is 0.152. The van der Waals surface area contributed by atoms with Gasteiger partial charge in [-0.25, -0.2) is 4.39 Å². The van der Waals surface area contributed by atoms with Crippen LogP contribution in [-0.2, 0) is 6.42 Å². The highest BCUT2D eigenvalue weighted by Crippen LogP contribution is 2.32. The van der Waals surface area contributed by atoms with Gasteiger partial charge >= 0.3 is 0 Å². The lowest BCUT2D eigenvalue weighted by atomic mass is 10.0. The van der Waals surface area contributed by atoms with Crippen LogP contribution in [-0.4, -0.2) is 0 Å². The highest BCUT2D eigenvalue weighted by Gasteiger charge is 2.12. The number of aryl methyl sites for hydroxylation is 1. The zero-order chi connectivity index (χ0) is 14.1. The number of benzene rings is 2. The smallest absolute Gasteiger partial charge is 0.124 e. The zero-order valence-electron chi connectivity index (χ0n) is 11.3. The van der Waals surface area contributed by atoms with Crippen LogP contribution < -0.4 is 5.73 Å². The molecule has 0 spiro atoms. The molecule has 0 amide bonds. The van der Waals surface area contributed by atoms with Gasteiger partial charge in [0.05, 0.1) is 6.04 Å². The van der Waals surface area contributed by atoms with Gasteiger partial charge in [-0.1, -0.05) is 37.3 Å². The van der Waals surface area contributed by atoms with Crippen molar-refractivity contribution in [3.05, 3.63) is 70.4 Å². The van der Waals surface area contributed by atoms with Crippen LogP contribution in [0.15, 0.2) is 48.5 Å². The molecular weight excluding hydrogens is 269 g/mol. The molecule has 0 bridgehead atoms. The first kappa shape index (κ1) is 13.3. The quantitative estimate of drug-likeness (QED) is 0.744. The van der Waals surface area contributed by atoms with Crippen LogP contribution in [0, 0.1) is 5.82 Å². The first-order chi connectivity index (χ1) is 9.67. The van der Waals surface area contributed by atoms with Gasteiger partial charge in [-0.15, -0.1) is 11.3 Å². The maximum absolute atomic E-state index is 13.2. The summed E-state index contributed by atoms with van der Waals surface area (Å²) in [6, 6.07) is 15.1. The van der Waals surface area contributed by atoms with Crippen molar-refractivity contribution in [3.8, 4) is 0 Å². The molecule has 0 radical (unpaired) electrons. The number of hydrogen-bond acceptors (Lipinski definition) is 2. The van der Waals surface area contributed by atoms with Gasteiger partial charge in [0.25, 0.3) is 0 Å². The van der Waals surface area contributed by atoms with Crippen LogP contribution in [0.3, 0.4) is 0 Å². The molecule has 1 atom stereocenters. The van der Waals surface area contributed by atoms with E-state index in [0.717, 1.165) is 26.9 Å². The SMILES string of the molecule is CCc1ccc(C(N)c2cc3ccc(F)cc3s2)cc1. The number of hydrogen-bond donors (Lipinski definition) is 1. The molecule has 2 N–H and O–H groups in total. The van der Waals surface area contributed by atoms with Crippen molar-refractivity contribution in [2.75, 3.05) is 0 Å². The van der Waals surface area contributed by atoms with E-state index in [4.69, 9.17) is 5.73 Å². The Morgan fingerprint density at radius 2 is 1.85 bits per heavy atom. The summed E-state index contributed by atoms with van der Waals surface area (Å²) in [6.45, 7) is 2.13. The van der Waals surface area contributed by atoms with Crippen molar-refractivity contribution in [3.63, 3.8) is 0 Å². The molecule has 1 aromatic heterocycles. The number of nitrogens with two attached hydrogens (primary N) is 1. The maximum atomic E-state index is 13.2. The molecule has 0 saturated heterocycles. The molecule has 1 heterocycles. The Hall–Kier alpha value is -1.71. The van der Waals surface area contributed by atoms with E-state index in [1.54, 1.807) is 23.5 Å². The zero-order valence-corrected chi connectivity index (χ0v) is 12.1. The van der Waals surface area contributed by atoms with Crippen LogP contribution in [0.5, 0.6) is 0 Å². The molecule has 1 nitrogen and oxygen atoms in total. The largest absolute Gasteiger partial charge is 0.320 e. The van der Waals surface area contributed by atoms with Crippen molar-refractivity contribution >= 4 is 21.4 Å². The highest BCUT2D eigenvalue weighted by atomic mass is 32.1. The summed E-state index contributed by atoms with van der Waals surface area (Å²) in [4.78, 5) is 1.06. The highest BCUT2D eigenvalue weighted by molar-refractivity contribution is 7.19. The Bertz CT molecular complexity index is 730. The summed E-state index contributed by atoms with van der Waals surface area (Å²) in [7, 11) is 0. The predicted molar refractivity (Wildman–Crippen MR) is 83.6 cm³/mol. The summed E-state index contributed by atoms with van der Waals surface area (Å²) in [5.41, 5.74) is 8.72. The molecule has 1 unspecified atom stereocenters. The first-order valence-electron chi connectivity index (χ1n) is 6.71. The topological polar surface area (TPSA) is 26.0 Å². The Balaban J connectivity index is 1.96. The van der Waals surface area contributed by atoms with Crippen molar-refractivity contribution in [1.29, 1.82) is 0 Å². The third-order valence-electron chi connectivity index (χ3n) is 3.55. The Kier molecular flexibility index (Phi) is 3.55. The van der Waals surface area contributed by atoms with Gasteiger partial charge in [0.1, 0.15) is 5.82 Å². The van der Waals surface area contributed by atoms with E-state index in [-0.39, 0.29) is 11.9 Å². The predicted octanol–water partition coefficient (Wildman–Crippen LogP) is 4.65. The fourth-order valence-electron chi connectivity index (χ4n) is 2.30. The molecule has 20 heavy (non-hydrogen) atoms. The molecule has 102 valence electrons. The van der Waals surface area contributed by atoms with E-state index in [2.05, 4.69) is 37.3 Å². The monoisotopic (exact) mass is 285 g/mol. The van der Waals surface area contributed by atoms with Gasteiger partial charge in [-0.2, -0.15) is 0 Å². The van der Waals surface area contributed by atoms with Gasteiger partial charge in [0.15, 0.2) is 0 Å². The van der Waals surface area contributed by atoms with Crippen molar-refractivity contribution in [1.82, 2.24) is 0 Å². The van der Waals surface area contributed by atoms with Crippen molar-refractivity contribution in [2.24, 2.45) is 5.73 Å². The van der Waals surface area contributed by atoms with E-state index < -0.39 is 0 Å². The molecule has 0 saturated carbocycles. The Morgan fingerprint density at radius 3 is 2.55 bits per heavy atom. The van der Waals surface area contributed by atoms with E-state index in [1.165, 1.54) is 11.6 Å². The average molecular weight is 285 g/mol. The van der Waals surface area contributed by atoms with E-state index in [9.17, 15) is 4.39 Å². The van der Waals surface area contributed by atoms with Crippen LogP contribution >= 0.6 is 11.3 Å². The molecule has 2 aromatic carbocycles. The molecule has 3 rings (SSSR count). The van der Waals surface area contributed by atoms with Gasteiger partial charge in [0, 0.05) is 9.58 Å². The number of halogens is 1. The number of rotatable bonds is 3. The number of fused-ring (bicyclic) bond motifs is 1. The minimum atomic E-state index is -0.202. The van der Waals surface area contributed by atoms with Gasteiger partial charge < -0.3 is 5.73 Å². The normalized spacial score (nSPS) is 12.8. The lowest BCUT2D eigenvalue weighted by Gasteiger charge is -2.10. The van der Waals surface area contributed by atoms with Gasteiger partial charge in [-0.05, 0) is 41.1 Å². The summed E-state index contributed by atoms with van der Waals surface area (Å²) >= 11 is 1.56. The third kappa shape index (κ3) is 2.47. The second kappa shape index (κ2) is 5.35. The third-order valence-corrected chi connectivity index (χ3v) is 4.74. The Labute approximate surface area is 121 Å². The second-order valence-corrected chi connectivity index (χ2v) is 6.02. The Morgan fingerprint density at radius 1 is 1.10 bits per heavy atom. The summed E-state index contributed by atoms with van der Waals surface area (Å²) in [5.74, 6) is -0.202. The fourth-order valence-corrected chi connectivity index (χ4v) is 3.42. The number of thiophene rings is 1. The first-order valence-corrected chi connectivity index (χ1v) is 7.52. The van der Waals surface area contributed by atoms with E-state index in [1.807, 2.05) is 0 Å². The minimum Gasteiger partial charge on any atom is -0.320 e.